The number of carbonyl (C=O) groups is 2. The molecule has 0 aliphatic heterocycles. The number of Topliss-reactive ketones (excluding diaryl/α,β-unsaturated/α-hetero) is 2. The minimum Gasteiger partial charge on any atom is -0.299 e. The largest absolute Gasteiger partial charge is 0.299 e. The van der Waals surface area contributed by atoms with E-state index in [1.807, 2.05) is 24.3 Å². The lowest BCUT2D eigenvalue weighted by molar-refractivity contribution is -0.132. The molecular formula is C16H20O2. The van der Waals surface area contributed by atoms with Crippen LogP contribution in [0.1, 0.15) is 37.8 Å². The van der Waals surface area contributed by atoms with Crippen molar-refractivity contribution in [2.24, 2.45) is 5.92 Å². The molecule has 18 heavy (non-hydrogen) atoms. The van der Waals surface area contributed by atoms with Gasteiger partial charge in [0.1, 0.15) is 11.6 Å². The lowest BCUT2D eigenvalue weighted by Gasteiger charge is -2.13. The van der Waals surface area contributed by atoms with Gasteiger partial charge in [-0.3, -0.25) is 9.59 Å². The van der Waals surface area contributed by atoms with Crippen LogP contribution in [0, 0.1) is 5.92 Å². The SMILES string of the molecule is C=Cc1ccc(CC(C(=O)CC)C(=O)CC)cc1. The van der Waals surface area contributed by atoms with Crippen LogP contribution >= 0.6 is 0 Å². The highest BCUT2D eigenvalue weighted by atomic mass is 16.1. The van der Waals surface area contributed by atoms with Gasteiger partial charge in [0, 0.05) is 12.8 Å². The van der Waals surface area contributed by atoms with E-state index in [2.05, 4.69) is 6.58 Å². The van der Waals surface area contributed by atoms with Crippen LogP contribution in [0.2, 0.25) is 0 Å². The van der Waals surface area contributed by atoms with Gasteiger partial charge in [0.25, 0.3) is 0 Å². The molecule has 2 heteroatoms. The van der Waals surface area contributed by atoms with Crippen molar-refractivity contribution in [1.29, 1.82) is 0 Å². The summed E-state index contributed by atoms with van der Waals surface area (Å²) in [5.41, 5.74) is 2.06. The molecule has 0 bridgehead atoms. The Hall–Kier alpha value is -1.70. The molecule has 0 fully saturated rings. The molecular weight excluding hydrogens is 224 g/mol. The molecule has 1 aromatic rings. The van der Waals surface area contributed by atoms with Gasteiger partial charge in [-0.15, -0.1) is 0 Å². The third-order valence-electron chi connectivity index (χ3n) is 3.13. The molecule has 0 aromatic heterocycles. The molecule has 0 aliphatic rings. The van der Waals surface area contributed by atoms with Gasteiger partial charge in [-0.05, 0) is 17.5 Å². The van der Waals surface area contributed by atoms with Gasteiger partial charge in [-0.1, -0.05) is 50.8 Å². The number of rotatable bonds is 7. The average Bonchev–Trinajstić information content (AvgIpc) is 2.43. The van der Waals surface area contributed by atoms with Crippen LogP contribution in [0.15, 0.2) is 30.8 Å². The number of carbonyl (C=O) groups excluding carboxylic acids is 2. The molecule has 0 aliphatic carbocycles. The Bertz CT molecular complexity index is 413. The van der Waals surface area contributed by atoms with Crippen molar-refractivity contribution in [3.63, 3.8) is 0 Å². The molecule has 96 valence electrons. The van der Waals surface area contributed by atoms with Crippen LogP contribution in [0.5, 0.6) is 0 Å². The van der Waals surface area contributed by atoms with Crippen molar-refractivity contribution >= 4 is 17.6 Å². The summed E-state index contributed by atoms with van der Waals surface area (Å²) < 4.78 is 0. The van der Waals surface area contributed by atoms with E-state index in [0.717, 1.165) is 11.1 Å². The Kier molecular flexibility index (Phi) is 5.50. The van der Waals surface area contributed by atoms with Crippen molar-refractivity contribution in [3.05, 3.63) is 42.0 Å². The second-order valence-corrected chi connectivity index (χ2v) is 4.34. The first-order valence-electron chi connectivity index (χ1n) is 6.39. The normalized spacial score (nSPS) is 10.4. The Balaban J connectivity index is 2.85. The molecule has 1 aromatic carbocycles. The summed E-state index contributed by atoms with van der Waals surface area (Å²) in [6.07, 6.45) is 3.12. The van der Waals surface area contributed by atoms with Crippen molar-refractivity contribution in [2.75, 3.05) is 0 Å². The quantitative estimate of drug-likeness (QED) is 0.688. The highest BCUT2D eigenvalue weighted by Gasteiger charge is 2.23. The first-order chi connectivity index (χ1) is 8.62. The summed E-state index contributed by atoms with van der Waals surface area (Å²) in [5, 5.41) is 0. The highest BCUT2D eigenvalue weighted by molar-refractivity contribution is 6.02. The Labute approximate surface area is 109 Å². The average molecular weight is 244 g/mol. The van der Waals surface area contributed by atoms with Gasteiger partial charge >= 0.3 is 0 Å². The molecule has 0 heterocycles. The van der Waals surface area contributed by atoms with E-state index in [4.69, 9.17) is 0 Å². The van der Waals surface area contributed by atoms with Crippen LogP contribution in [0.25, 0.3) is 6.08 Å². The Morgan fingerprint density at radius 2 is 1.61 bits per heavy atom. The van der Waals surface area contributed by atoms with Crippen LogP contribution < -0.4 is 0 Å². The molecule has 0 saturated heterocycles. The number of hydrogen-bond acceptors (Lipinski definition) is 2. The first-order valence-corrected chi connectivity index (χ1v) is 6.39. The summed E-state index contributed by atoms with van der Waals surface area (Å²) in [6.45, 7) is 7.31. The number of benzene rings is 1. The summed E-state index contributed by atoms with van der Waals surface area (Å²) >= 11 is 0. The van der Waals surface area contributed by atoms with Crippen LogP contribution in [-0.2, 0) is 16.0 Å². The van der Waals surface area contributed by atoms with Crippen molar-refractivity contribution in [1.82, 2.24) is 0 Å². The van der Waals surface area contributed by atoms with E-state index in [1.165, 1.54) is 0 Å². The fourth-order valence-electron chi connectivity index (χ4n) is 1.93. The molecule has 0 N–H and O–H groups in total. The minimum atomic E-state index is -0.477. The molecule has 0 unspecified atom stereocenters. The zero-order chi connectivity index (χ0) is 13.5. The molecule has 0 saturated carbocycles. The fourth-order valence-corrected chi connectivity index (χ4v) is 1.93. The van der Waals surface area contributed by atoms with Gasteiger partial charge in [0.2, 0.25) is 0 Å². The Morgan fingerprint density at radius 3 is 2.00 bits per heavy atom. The van der Waals surface area contributed by atoms with Crippen molar-refractivity contribution in [2.45, 2.75) is 33.1 Å². The predicted octanol–water partition coefficient (Wildman–Crippen LogP) is 3.45. The molecule has 0 spiro atoms. The van der Waals surface area contributed by atoms with Gasteiger partial charge in [0.15, 0.2) is 0 Å². The summed E-state index contributed by atoms with van der Waals surface area (Å²) in [6, 6.07) is 7.81. The van der Waals surface area contributed by atoms with E-state index in [1.54, 1.807) is 19.9 Å². The predicted molar refractivity (Wildman–Crippen MR) is 74.3 cm³/mol. The van der Waals surface area contributed by atoms with Crippen LogP contribution in [0.4, 0.5) is 0 Å². The van der Waals surface area contributed by atoms with Gasteiger partial charge in [-0.2, -0.15) is 0 Å². The second-order valence-electron chi connectivity index (χ2n) is 4.34. The van der Waals surface area contributed by atoms with Gasteiger partial charge in [0.05, 0.1) is 5.92 Å². The van der Waals surface area contributed by atoms with E-state index in [-0.39, 0.29) is 11.6 Å². The van der Waals surface area contributed by atoms with E-state index >= 15 is 0 Å². The molecule has 0 radical (unpaired) electrons. The zero-order valence-electron chi connectivity index (χ0n) is 11.1. The third kappa shape index (κ3) is 3.66. The smallest absolute Gasteiger partial charge is 0.143 e. The lowest BCUT2D eigenvalue weighted by atomic mass is 9.89. The lowest BCUT2D eigenvalue weighted by Crippen LogP contribution is -2.25. The van der Waals surface area contributed by atoms with Gasteiger partial charge in [-0.25, -0.2) is 0 Å². The number of ketones is 2. The van der Waals surface area contributed by atoms with E-state index in [9.17, 15) is 9.59 Å². The maximum absolute atomic E-state index is 11.8. The zero-order valence-corrected chi connectivity index (χ0v) is 11.1. The standard InChI is InChI=1S/C16H20O2/c1-4-12-7-9-13(10-8-12)11-14(15(17)5-2)16(18)6-3/h4,7-10,14H,1,5-6,11H2,2-3H3. The maximum atomic E-state index is 11.8. The van der Waals surface area contributed by atoms with E-state index in [0.29, 0.717) is 19.3 Å². The first kappa shape index (κ1) is 14.4. The van der Waals surface area contributed by atoms with Crippen molar-refractivity contribution in [3.8, 4) is 0 Å². The molecule has 1 rings (SSSR count). The topological polar surface area (TPSA) is 34.1 Å². The van der Waals surface area contributed by atoms with E-state index < -0.39 is 5.92 Å². The Morgan fingerprint density at radius 1 is 1.11 bits per heavy atom. The maximum Gasteiger partial charge on any atom is 0.143 e. The molecule has 0 atom stereocenters. The summed E-state index contributed by atoms with van der Waals surface area (Å²) in [5.74, 6) is -0.404. The molecule has 2 nitrogen and oxygen atoms in total. The fraction of sp³-hybridized carbons (Fsp3) is 0.375. The third-order valence-corrected chi connectivity index (χ3v) is 3.13. The highest BCUT2D eigenvalue weighted by Crippen LogP contribution is 2.15. The minimum absolute atomic E-state index is 0.0367. The number of hydrogen-bond donors (Lipinski definition) is 0. The van der Waals surface area contributed by atoms with Crippen molar-refractivity contribution < 1.29 is 9.59 Å². The van der Waals surface area contributed by atoms with Crippen LogP contribution in [-0.4, -0.2) is 11.6 Å². The summed E-state index contributed by atoms with van der Waals surface area (Å²) in [7, 11) is 0. The second kappa shape index (κ2) is 6.90. The molecule has 0 amide bonds. The monoisotopic (exact) mass is 244 g/mol. The summed E-state index contributed by atoms with van der Waals surface area (Å²) in [4.78, 5) is 23.6. The van der Waals surface area contributed by atoms with Gasteiger partial charge < -0.3 is 0 Å². The van der Waals surface area contributed by atoms with Crippen LogP contribution in [0.3, 0.4) is 0 Å².